The number of benzene rings is 1. The second-order valence-corrected chi connectivity index (χ2v) is 3.88. The van der Waals surface area contributed by atoms with E-state index in [0.717, 1.165) is 6.42 Å². The van der Waals surface area contributed by atoms with E-state index in [1.807, 2.05) is 6.07 Å². The highest BCUT2D eigenvalue weighted by Crippen LogP contribution is 2.24. The lowest BCUT2D eigenvalue weighted by Crippen LogP contribution is -1.71. The molecule has 0 bridgehead atoms. The van der Waals surface area contributed by atoms with Crippen molar-refractivity contribution in [2.24, 2.45) is 0 Å². The standard InChI is InChI=1S/C12H11S/c1-2-12-8-11(9-13-12)10-6-4-3-5-7-10/h3-8H,2H2,1H3. The minimum atomic E-state index is 1.11. The van der Waals surface area contributed by atoms with Gasteiger partial charge in [0.25, 0.3) is 0 Å². The van der Waals surface area contributed by atoms with Crippen LogP contribution in [0.2, 0.25) is 0 Å². The van der Waals surface area contributed by atoms with Crippen LogP contribution in [0.5, 0.6) is 0 Å². The van der Waals surface area contributed by atoms with Crippen LogP contribution in [0.15, 0.2) is 36.4 Å². The lowest BCUT2D eigenvalue weighted by Gasteiger charge is -1.94. The van der Waals surface area contributed by atoms with E-state index in [9.17, 15) is 0 Å². The van der Waals surface area contributed by atoms with Gasteiger partial charge in [0, 0.05) is 10.4 Å². The molecule has 1 aromatic carbocycles. The number of aryl methyl sites for hydroxylation is 1. The van der Waals surface area contributed by atoms with E-state index in [-0.39, 0.29) is 0 Å². The monoisotopic (exact) mass is 187 g/mol. The van der Waals surface area contributed by atoms with Gasteiger partial charge in [-0.3, -0.25) is 0 Å². The Kier molecular flexibility index (Phi) is 2.46. The van der Waals surface area contributed by atoms with Gasteiger partial charge in [-0.1, -0.05) is 37.3 Å². The van der Waals surface area contributed by atoms with Crippen LogP contribution in [-0.4, -0.2) is 0 Å². The summed E-state index contributed by atoms with van der Waals surface area (Å²) in [4.78, 5) is 1.40. The number of rotatable bonds is 2. The van der Waals surface area contributed by atoms with Gasteiger partial charge in [0.1, 0.15) is 0 Å². The molecule has 0 aliphatic rings. The Morgan fingerprint density at radius 1 is 1.23 bits per heavy atom. The van der Waals surface area contributed by atoms with Crippen molar-refractivity contribution in [2.75, 3.05) is 0 Å². The zero-order valence-corrected chi connectivity index (χ0v) is 8.40. The van der Waals surface area contributed by atoms with Gasteiger partial charge >= 0.3 is 0 Å². The highest BCUT2D eigenvalue weighted by atomic mass is 32.1. The molecule has 0 nitrogen and oxygen atoms in total. The maximum absolute atomic E-state index is 3.31. The normalized spacial score (nSPS) is 10.2. The Morgan fingerprint density at radius 3 is 2.62 bits per heavy atom. The van der Waals surface area contributed by atoms with Gasteiger partial charge in [-0.2, -0.15) is 0 Å². The molecule has 0 aliphatic carbocycles. The van der Waals surface area contributed by atoms with E-state index in [0.29, 0.717) is 0 Å². The molecule has 0 fully saturated rings. The lowest BCUT2D eigenvalue weighted by molar-refractivity contribution is 1.19. The molecular formula is C12H11S. The van der Waals surface area contributed by atoms with Crippen molar-refractivity contribution in [3.05, 3.63) is 46.7 Å². The zero-order chi connectivity index (χ0) is 9.10. The van der Waals surface area contributed by atoms with Crippen molar-refractivity contribution < 1.29 is 0 Å². The quantitative estimate of drug-likeness (QED) is 0.671. The van der Waals surface area contributed by atoms with Crippen LogP contribution in [-0.2, 0) is 6.42 Å². The fraction of sp³-hybridized carbons (Fsp3) is 0.167. The molecule has 1 heteroatoms. The summed E-state index contributed by atoms with van der Waals surface area (Å²) in [7, 11) is 0. The van der Waals surface area contributed by atoms with Gasteiger partial charge in [0.05, 0.1) is 5.38 Å². The van der Waals surface area contributed by atoms with Gasteiger partial charge in [0.2, 0.25) is 0 Å². The van der Waals surface area contributed by atoms with Crippen LogP contribution in [0.25, 0.3) is 11.1 Å². The van der Waals surface area contributed by atoms with E-state index < -0.39 is 0 Å². The maximum atomic E-state index is 3.31. The van der Waals surface area contributed by atoms with Crippen molar-refractivity contribution in [1.82, 2.24) is 0 Å². The van der Waals surface area contributed by atoms with Gasteiger partial charge in [-0.05, 0) is 18.1 Å². The molecule has 1 heterocycles. The smallest absolute Gasteiger partial charge is 0.0530 e. The molecule has 1 radical (unpaired) electrons. The first kappa shape index (κ1) is 8.52. The third kappa shape index (κ3) is 1.81. The zero-order valence-electron chi connectivity index (χ0n) is 7.58. The molecule has 13 heavy (non-hydrogen) atoms. The van der Waals surface area contributed by atoms with Crippen LogP contribution in [0, 0.1) is 5.38 Å². The third-order valence-corrected chi connectivity index (χ3v) is 3.02. The SMILES string of the molecule is CCc1cc(-c2ccccc2)[c]s1. The van der Waals surface area contributed by atoms with E-state index in [4.69, 9.17) is 0 Å². The average Bonchev–Trinajstić information content (AvgIpc) is 2.67. The van der Waals surface area contributed by atoms with E-state index in [2.05, 4.69) is 42.6 Å². The van der Waals surface area contributed by atoms with E-state index >= 15 is 0 Å². The number of thiophene rings is 1. The summed E-state index contributed by atoms with van der Waals surface area (Å²) in [6.07, 6.45) is 1.11. The molecule has 2 aromatic rings. The molecule has 65 valence electrons. The maximum Gasteiger partial charge on any atom is 0.0530 e. The summed E-state index contributed by atoms with van der Waals surface area (Å²) in [5, 5.41) is 3.31. The van der Waals surface area contributed by atoms with Crippen molar-refractivity contribution in [3.8, 4) is 11.1 Å². The van der Waals surface area contributed by atoms with Gasteiger partial charge < -0.3 is 0 Å². The molecule has 0 saturated heterocycles. The molecule has 0 amide bonds. The first-order valence-electron chi connectivity index (χ1n) is 4.46. The Hall–Kier alpha value is -1.08. The van der Waals surface area contributed by atoms with E-state index in [1.54, 1.807) is 11.3 Å². The summed E-state index contributed by atoms with van der Waals surface area (Å²) >= 11 is 1.72. The van der Waals surface area contributed by atoms with Gasteiger partial charge in [-0.15, -0.1) is 11.3 Å². The second kappa shape index (κ2) is 3.75. The van der Waals surface area contributed by atoms with E-state index in [1.165, 1.54) is 16.0 Å². The molecule has 0 spiro atoms. The summed E-state index contributed by atoms with van der Waals surface area (Å²) in [5.41, 5.74) is 2.49. The lowest BCUT2D eigenvalue weighted by atomic mass is 10.1. The highest BCUT2D eigenvalue weighted by molar-refractivity contribution is 7.09. The molecule has 0 aliphatic heterocycles. The van der Waals surface area contributed by atoms with Crippen molar-refractivity contribution in [2.45, 2.75) is 13.3 Å². The molecule has 0 unspecified atom stereocenters. The molecular weight excluding hydrogens is 176 g/mol. The Morgan fingerprint density at radius 2 is 2.00 bits per heavy atom. The predicted octanol–water partition coefficient (Wildman–Crippen LogP) is 3.78. The highest BCUT2D eigenvalue weighted by Gasteiger charge is 2.00. The molecule has 0 N–H and O–H groups in total. The molecule has 0 atom stereocenters. The first-order chi connectivity index (χ1) is 6.40. The van der Waals surface area contributed by atoms with Crippen LogP contribution < -0.4 is 0 Å². The van der Waals surface area contributed by atoms with Crippen LogP contribution >= 0.6 is 11.3 Å². The second-order valence-electron chi connectivity index (χ2n) is 2.95. The Balaban J connectivity index is 2.36. The molecule has 1 aromatic heterocycles. The fourth-order valence-electron chi connectivity index (χ4n) is 1.27. The largest absolute Gasteiger partial charge is 0.139 e. The van der Waals surface area contributed by atoms with Crippen molar-refractivity contribution in [1.29, 1.82) is 0 Å². The topological polar surface area (TPSA) is 0 Å². The summed E-state index contributed by atoms with van der Waals surface area (Å²) in [6.45, 7) is 2.18. The number of hydrogen-bond donors (Lipinski definition) is 0. The fourth-order valence-corrected chi connectivity index (χ4v) is 2.01. The third-order valence-electron chi connectivity index (χ3n) is 2.03. The van der Waals surface area contributed by atoms with Crippen LogP contribution in [0.3, 0.4) is 0 Å². The van der Waals surface area contributed by atoms with Crippen molar-refractivity contribution >= 4 is 11.3 Å². The van der Waals surface area contributed by atoms with Gasteiger partial charge in [0.15, 0.2) is 0 Å². The summed E-state index contributed by atoms with van der Waals surface area (Å²) < 4.78 is 0. The number of hydrogen-bond acceptors (Lipinski definition) is 1. The van der Waals surface area contributed by atoms with Crippen LogP contribution in [0.4, 0.5) is 0 Å². The first-order valence-corrected chi connectivity index (χ1v) is 5.27. The molecule has 0 saturated carbocycles. The van der Waals surface area contributed by atoms with Crippen LogP contribution in [0.1, 0.15) is 11.8 Å². The molecule has 2 rings (SSSR count). The minimum Gasteiger partial charge on any atom is -0.139 e. The van der Waals surface area contributed by atoms with Gasteiger partial charge in [-0.25, -0.2) is 0 Å². The summed E-state index contributed by atoms with van der Waals surface area (Å²) in [6, 6.07) is 12.6. The predicted molar refractivity (Wildman–Crippen MR) is 58.0 cm³/mol. The van der Waals surface area contributed by atoms with Crippen molar-refractivity contribution in [3.63, 3.8) is 0 Å². The summed E-state index contributed by atoms with van der Waals surface area (Å²) in [5.74, 6) is 0. The minimum absolute atomic E-state index is 1.11. The average molecular weight is 187 g/mol. The Labute approximate surface area is 82.9 Å². The Bertz CT molecular complexity index is 373.